The molecule has 118 valence electrons. The van der Waals surface area contributed by atoms with Crippen molar-refractivity contribution in [1.82, 2.24) is 0 Å². The lowest BCUT2D eigenvalue weighted by atomic mass is 10.1. The number of anilines is 2. The lowest BCUT2D eigenvalue weighted by Gasteiger charge is -2.32. The van der Waals surface area contributed by atoms with Crippen molar-refractivity contribution in [3.05, 3.63) is 18.2 Å². The van der Waals surface area contributed by atoms with Gasteiger partial charge in [-0.15, -0.1) is 0 Å². The molecule has 0 radical (unpaired) electrons. The summed E-state index contributed by atoms with van der Waals surface area (Å²) in [4.78, 5) is 2.37. The average molecular weight is 292 g/mol. The van der Waals surface area contributed by atoms with Gasteiger partial charge < -0.3 is 20.1 Å². The monoisotopic (exact) mass is 292 g/mol. The number of nitrogens with two attached hydrogens (primary N) is 1. The number of rotatable bonds is 9. The second-order valence-corrected chi connectivity index (χ2v) is 5.80. The number of benzene rings is 1. The van der Waals surface area contributed by atoms with Gasteiger partial charge >= 0.3 is 0 Å². The molecule has 1 unspecified atom stereocenters. The second-order valence-electron chi connectivity index (χ2n) is 5.80. The molecule has 1 atom stereocenters. The van der Waals surface area contributed by atoms with Crippen LogP contribution in [0.1, 0.15) is 33.1 Å². The smallest absolute Gasteiger partial charge is 0.144 e. The summed E-state index contributed by atoms with van der Waals surface area (Å²) >= 11 is 0. The van der Waals surface area contributed by atoms with Crippen LogP contribution in [0.3, 0.4) is 0 Å². The maximum absolute atomic E-state index is 6.35. The van der Waals surface area contributed by atoms with Crippen molar-refractivity contribution in [3.63, 3.8) is 0 Å². The zero-order chi connectivity index (χ0) is 15.2. The molecule has 0 heterocycles. The normalized spacial score (nSPS) is 15.8. The number of methoxy groups -OCH3 is 1. The Morgan fingerprint density at radius 2 is 2.10 bits per heavy atom. The number of nitrogen functional groups attached to an aromatic ring is 1. The minimum atomic E-state index is 0.490. The van der Waals surface area contributed by atoms with Crippen molar-refractivity contribution in [3.8, 4) is 5.75 Å². The van der Waals surface area contributed by atoms with Crippen molar-refractivity contribution in [2.24, 2.45) is 5.92 Å². The lowest BCUT2D eigenvalue weighted by Crippen LogP contribution is -2.37. The van der Waals surface area contributed by atoms with E-state index in [9.17, 15) is 0 Å². The summed E-state index contributed by atoms with van der Waals surface area (Å²) in [5, 5.41) is 0. The van der Waals surface area contributed by atoms with E-state index in [1.54, 1.807) is 7.11 Å². The fourth-order valence-corrected chi connectivity index (χ4v) is 2.69. The third-order valence-corrected chi connectivity index (χ3v) is 4.15. The molecule has 1 aromatic carbocycles. The highest BCUT2D eigenvalue weighted by Gasteiger charge is 2.32. The largest absolute Gasteiger partial charge is 0.491 e. The zero-order valence-electron chi connectivity index (χ0n) is 13.5. The molecule has 0 spiro atoms. The summed E-state index contributed by atoms with van der Waals surface area (Å²) < 4.78 is 11.0. The molecule has 1 fully saturated rings. The molecule has 1 saturated carbocycles. The number of nitrogens with zero attached hydrogens (tertiary/aromatic N) is 1. The van der Waals surface area contributed by atoms with Gasteiger partial charge in [-0.1, -0.05) is 13.0 Å². The predicted octanol–water partition coefficient (Wildman–Crippen LogP) is 3.31. The standard InChI is InChI=1S/C17H28N2O2/c1-4-11-21-16-7-5-6-15(17(16)18)19(10-12-20-3)13(2)14-8-9-14/h5-7,13-14H,4,8-12,18H2,1-3H3. The van der Waals surface area contributed by atoms with Crippen LogP contribution >= 0.6 is 0 Å². The van der Waals surface area contributed by atoms with Gasteiger partial charge in [0.05, 0.1) is 24.6 Å². The summed E-state index contributed by atoms with van der Waals surface area (Å²) in [5.41, 5.74) is 8.16. The Morgan fingerprint density at radius 3 is 2.71 bits per heavy atom. The van der Waals surface area contributed by atoms with Crippen LogP contribution < -0.4 is 15.4 Å². The zero-order valence-corrected chi connectivity index (χ0v) is 13.5. The third kappa shape index (κ3) is 4.03. The Balaban J connectivity index is 2.21. The minimum absolute atomic E-state index is 0.490. The van der Waals surface area contributed by atoms with E-state index in [0.29, 0.717) is 19.3 Å². The quantitative estimate of drug-likeness (QED) is 0.709. The van der Waals surface area contributed by atoms with Crippen LogP contribution in [0.15, 0.2) is 18.2 Å². The molecule has 4 nitrogen and oxygen atoms in total. The van der Waals surface area contributed by atoms with Crippen LogP contribution in [-0.2, 0) is 4.74 Å². The summed E-state index contributed by atoms with van der Waals surface area (Å²) in [7, 11) is 1.74. The minimum Gasteiger partial charge on any atom is -0.491 e. The third-order valence-electron chi connectivity index (χ3n) is 4.15. The van der Waals surface area contributed by atoms with E-state index in [-0.39, 0.29) is 0 Å². The molecule has 0 saturated heterocycles. The summed E-state index contributed by atoms with van der Waals surface area (Å²) in [6, 6.07) is 6.55. The molecule has 0 bridgehead atoms. The highest BCUT2D eigenvalue weighted by Crippen LogP contribution is 2.40. The molecule has 0 aliphatic heterocycles. The Hall–Kier alpha value is -1.42. The first-order chi connectivity index (χ1) is 10.2. The molecular weight excluding hydrogens is 264 g/mol. The van der Waals surface area contributed by atoms with Crippen LogP contribution in [0.25, 0.3) is 0 Å². The molecule has 0 aromatic heterocycles. The maximum Gasteiger partial charge on any atom is 0.144 e. The highest BCUT2D eigenvalue weighted by molar-refractivity contribution is 5.74. The van der Waals surface area contributed by atoms with Crippen LogP contribution in [0.2, 0.25) is 0 Å². The fraction of sp³-hybridized carbons (Fsp3) is 0.647. The van der Waals surface area contributed by atoms with E-state index in [4.69, 9.17) is 15.2 Å². The Morgan fingerprint density at radius 1 is 1.33 bits per heavy atom. The molecule has 1 aliphatic rings. The predicted molar refractivity (Wildman–Crippen MR) is 88.0 cm³/mol. The van der Waals surface area contributed by atoms with Crippen molar-refractivity contribution in [2.45, 2.75) is 39.2 Å². The second kappa shape index (κ2) is 7.55. The van der Waals surface area contributed by atoms with Gasteiger partial charge in [-0.25, -0.2) is 0 Å². The average Bonchev–Trinajstić information content (AvgIpc) is 3.32. The number of para-hydroxylation sites is 1. The topological polar surface area (TPSA) is 47.7 Å². The molecule has 21 heavy (non-hydrogen) atoms. The molecule has 1 aliphatic carbocycles. The molecule has 2 rings (SSSR count). The summed E-state index contributed by atoms with van der Waals surface area (Å²) in [6.45, 7) is 6.64. The van der Waals surface area contributed by atoms with Crippen LogP contribution in [-0.4, -0.2) is 32.9 Å². The SMILES string of the molecule is CCCOc1cccc(N(CCOC)C(C)C2CC2)c1N. The summed E-state index contributed by atoms with van der Waals surface area (Å²) in [6.07, 6.45) is 3.61. The van der Waals surface area contributed by atoms with Gasteiger partial charge in [-0.05, 0) is 44.2 Å². The van der Waals surface area contributed by atoms with Crippen molar-refractivity contribution in [2.75, 3.05) is 37.5 Å². The Bertz CT molecular complexity index is 446. The van der Waals surface area contributed by atoms with Crippen LogP contribution in [0.4, 0.5) is 11.4 Å². The Labute approximate surface area is 128 Å². The van der Waals surface area contributed by atoms with Gasteiger partial charge in [0.2, 0.25) is 0 Å². The number of hydrogen-bond acceptors (Lipinski definition) is 4. The van der Waals surface area contributed by atoms with E-state index in [2.05, 4.69) is 24.8 Å². The first kappa shape index (κ1) is 16.0. The maximum atomic E-state index is 6.35. The van der Waals surface area contributed by atoms with Gasteiger partial charge in [0.1, 0.15) is 5.75 Å². The Kier molecular flexibility index (Phi) is 5.74. The summed E-state index contributed by atoms with van der Waals surface area (Å²) in [5.74, 6) is 1.57. The van der Waals surface area contributed by atoms with Gasteiger partial charge in [-0.3, -0.25) is 0 Å². The van der Waals surface area contributed by atoms with Gasteiger partial charge in [0.25, 0.3) is 0 Å². The molecular formula is C17H28N2O2. The fourth-order valence-electron chi connectivity index (χ4n) is 2.69. The number of hydrogen-bond donors (Lipinski definition) is 1. The molecule has 0 amide bonds. The highest BCUT2D eigenvalue weighted by atomic mass is 16.5. The lowest BCUT2D eigenvalue weighted by molar-refractivity contribution is 0.202. The van der Waals surface area contributed by atoms with E-state index in [0.717, 1.165) is 36.0 Å². The molecule has 1 aromatic rings. The van der Waals surface area contributed by atoms with Crippen molar-refractivity contribution >= 4 is 11.4 Å². The van der Waals surface area contributed by atoms with Crippen molar-refractivity contribution in [1.29, 1.82) is 0 Å². The van der Waals surface area contributed by atoms with Crippen LogP contribution in [0.5, 0.6) is 5.75 Å². The van der Waals surface area contributed by atoms with E-state index in [1.807, 2.05) is 12.1 Å². The van der Waals surface area contributed by atoms with Gasteiger partial charge in [0.15, 0.2) is 0 Å². The first-order valence-corrected chi connectivity index (χ1v) is 7.95. The van der Waals surface area contributed by atoms with Gasteiger partial charge in [0, 0.05) is 19.7 Å². The molecule has 2 N–H and O–H groups in total. The van der Waals surface area contributed by atoms with Crippen molar-refractivity contribution < 1.29 is 9.47 Å². The van der Waals surface area contributed by atoms with E-state index in [1.165, 1.54) is 12.8 Å². The van der Waals surface area contributed by atoms with Gasteiger partial charge in [-0.2, -0.15) is 0 Å². The first-order valence-electron chi connectivity index (χ1n) is 7.95. The van der Waals surface area contributed by atoms with Crippen LogP contribution in [0, 0.1) is 5.92 Å². The number of ether oxygens (including phenoxy) is 2. The van der Waals surface area contributed by atoms with E-state index >= 15 is 0 Å². The van der Waals surface area contributed by atoms with E-state index < -0.39 is 0 Å². The molecule has 4 heteroatoms.